The molecule has 1 aliphatic heterocycles. The maximum absolute atomic E-state index is 13.2. The molecular weight excluding hydrogens is 374 g/mol. The lowest BCUT2D eigenvalue weighted by Gasteiger charge is -2.31. The van der Waals surface area contributed by atoms with Crippen molar-refractivity contribution in [1.29, 1.82) is 0 Å². The van der Waals surface area contributed by atoms with Gasteiger partial charge in [-0.1, -0.05) is 65.8 Å². The molecule has 1 saturated heterocycles. The van der Waals surface area contributed by atoms with Crippen LogP contribution >= 0.6 is 0 Å². The highest BCUT2D eigenvalue weighted by molar-refractivity contribution is 5.83. The largest absolute Gasteiger partial charge is 0.361 e. The lowest BCUT2D eigenvalue weighted by Crippen LogP contribution is -2.40. The molecule has 1 atom stereocenters. The number of aryl methyl sites for hydroxylation is 1. The Kier molecular flexibility index (Phi) is 6.60. The molecular formula is C25H29N3O2. The van der Waals surface area contributed by atoms with Crippen molar-refractivity contribution in [1.82, 2.24) is 15.0 Å². The molecule has 0 N–H and O–H groups in total. The van der Waals surface area contributed by atoms with Gasteiger partial charge in [-0.15, -0.1) is 0 Å². The monoisotopic (exact) mass is 403 g/mol. The van der Waals surface area contributed by atoms with E-state index >= 15 is 0 Å². The summed E-state index contributed by atoms with van der Waals surface area (Å²) >= 11 is 0. The molecule has 1 fully saturated rings. The van der Waals surface area contributed by atoms with Crippen LogP contribution in [-0.2, 0) is 11.2 Å². The predicted molar refractivity (Wildman–Crippen MR) is 118 cm³/mol. The molecule has 1 aromatic heterocycles. The second-order valence-corrected chi connectivity index (χ2v) is 7.97. The van der Waals surface area contributed by atoms with Crippen LogP contribution in [0.5, 0.6) is 0 Å². The second-order valence-electron chi connectivity index (χ2n) is 7.97. The summed E-state index contributed by atoms with van der Waals surface area (Å²) in [4.78, 5) is 17.4. The third-order valence-electron chi connectivity index (χ3n) is 5.77. The van der Waals surface area contributed by atoms with Crippen LogP contribution < -0.4 is 0 Å². The highest BCUT2D eigenvalue weighted by Gasteiger charge is 2.30. The molecule has 2 heterocycles. The number of carbonyl (C=O) groups is 1. The van der Waals surface area contributed by atoms with Crippen LogP contribution in [0.4, 0.5) is 0 Å². The van der Waals surface area contributed by atoms with Crippen molar-refractivity contribution in [3.8, 4) is 11.3 Å². The number of hydrogen-bond donors (Lipinski definition) is 0. The summed E-state index contributed by atoms with van der Waals surface area (Å²) in [6.45, 7) is 2.55. The molecule has 0 aliphatic carbocycles. The average molecular weight is 404 g/mol. The van der Waals surface area contributed by atoms with Crippen LogP contribution in [0.3, 0.4) is 0 Å². The summed E-state index contributed by atoms with van der Waals surface area (Å²) in [5.41, 5.74) is 2.98. The van der Waals surface area contributed by atoms with Crippen molar-refractivity contribution in [3.05, 3.63) is 78.1 Å². The summed E-state index contributed by atoms with van der Waals surface area (Å²) in [6, 6.07) is 21.9. The molecule has 30 heavy (non-hydrogen) atoms. The van der Waals surface area contributed by atoms with Crippen LogP contribution in [0.25, 0.3) is 11.3 Å². The van der Waals surface area contributed by atoms with Gasteiger partial charge in [0.25, 0.3) is 0 Å². The highest BCUT2D eigenvalue weighted by atomic mass is 16.5. The maximum Gasteiger partial charge on any atom is 0.244 e. The van der Waals surface area contributed by atoms with E-state index in [-0.39, 0.29) is 11.9 Å². The zero-order chi connectivity index (χ0) is 20.8. The van der Waals surface area contributed by atoms with E-state index in [1.54, 1.807) is 0 Å². The number of benzene rings is 2. The molecule has 2 aromatic carbocycles. The second kappa shape index (κ2) is 9.72. The van der Waals surface area contributed by atoms with Crippen molar-refractivity contribution >= 4 is 5.91 Å². The van der Waals surface area contributed by atoms with Gasteiger partial charge < -0.3 is 9.42 Å². The van der Waals surface area contributed by atoms with Gasteiger partial charge in [-0.3, -0.25) is 9.69 Å². The number of aromatic nitrogens is 1. The predicted octanol–water partition coefficient (Wildman–Crippen LogP) is 4.57. The van der Waals surface area contributed by atoms with Crippen LogP contribution in [0.2, 0.25) is 0 Å². The highest BCUT2D eigenvalue weighted by Crippen LogP contribution is 2.25. The molecule has 0 bridgehead atoms. The van der Waals surface area contributed by atoms with E-state index in [9.17, 15) is 4.79 Å². The van der Waals surface area contributed by atoms with Gasteiger partial charge in [-0.05, 0) is 38.4 Å². The third kappa shape index (κ3) is 4.79. The zero-order valence-electron chi connectivity index (χ0n) is 17.5. The van der Waals surface area contributed by atoms with Crippen LogP contribution in [0.1, 0.15) is 36.6 Å². The molecule has 5 nitrogen and oxygen atoms in total. The lowest BCUT2D eigenvalue weighted by molar-refractivity contribution is -0.135. The van der Waals surface area contributed by atoms with Gasteiger partial charge in [0, 0.05) is 31.1 Å². The molecule has 1 unspecified atom stereocenters. The molecule has 0 saturated carbocycles. The number of nitrogens with zero attached hydrogens (tertiary/aromatic N) is 3. The Bertz CT molecular complexity index is 933. The van der Waals surface area contributed by atoms with E-state index in [1.807, 2.05) is 66.5 Å². The average Bonchev–Trinajstić information content (AvgIpc) is 3.48. The van der Waals surface area contributed by atoms with Gasteiger partial charge in [-0.2, -0.15) is 0 Å². The standard InChI is InChI=1S/C25H29N3O2/c1-27(16-10-15-22-19-23(26-30-22)20-11-4-2-5-12-20)24(21-13-6-3-7-14-21)25(29)28-17-8-9-18-28/h2-7,11-14,19,24H,8-10,15-18H2,1H3. The van der Waals surface area contributed by atoms with E-state index in [2.05, 4.69) is 22.2 Å². The minimum atomic E-state index is -0.237. The van der Waals surface area contributed by atoms with Gasteiger partial charge in [0.1, 0.15) is 17.5 Å². The SMILES string of the molecule is CN(CCCc1cc(-c2ccccc2)no1)C(C(=O)N1CCCC1)c1ccccc1. The van der Waals surface area contributed by atoms with Crippen LogP contribution in [0, 0.1) is 0 Å². The van der Waals surface area contributed by atoms with Crippen molar-refractivity contribution in [2.45, 2.75) is 31.7 Å². The van der Waals surface area contributed by atoms with Crippen molar-refractivity contribution in [3.63, 3.8) is 0 Å². The first-order chi connectivity index (χ1) is 14.7. The van der Waals surface area contributed by atoms with Crippen LogP contribution in [-0.4, -0.2) is 47.5 Å². The first kappa shape index (κ1) is 20.4. The molecule has 3 aromatic rings. The number of carbonyl (C=O) groups excluding carboxylic acids is 1. The minimum absolute atomic E-state index is 0.215. The molecule has 1 amide bonds. The lowest BCUT2D eigenvalue weighted by atomic mass is 10.0. The van der Waals surface area contributed by atoms with Crippen LogP contribution in [0.15, 0.2) is 71.3 Å². The Morgan fingerprint density at radius 3 is 2.43 bits per heavy atom. The summed E-state index contributed by atoms with van der Waals surface area (Å²) in [5.74, 6) is 1.09. The maximum atomic E-state index is 13.2. The first-order valence-electron chi connectivity index (χ1n) is 10.8. The Hall–Kier alpha value is -2.92. The summed E-state index contributed by atoms with van der Waals surface area (Å²) in [7, 11) is 2.04. The van der Waals surface area contributed by atoms with Crippen molar-refractivity contribution < 1.29 is 9.32 Å². The Morgan fingerprint density at radius 1 is 1.07 bits per heavy atom. The van der Waals surface area contributed by atoms with Gasteiger partial charge in [0.05, 0.1) is 0 Å². The number of rotatable bonds is 8. The van der Waals surface area contributed by atoms with Gasteiger partial charge >= 0.3 is 0 Å². The molecule has 5 heteroatoms. The summed E-state index contributed by atoms with van der Waals surface area (Å²) in [6.07, 6.45) is 3.90. The summed E-state index contributed by atoms with van der Waals surface area (Å²) in [5, 5.41) is 4.20. The Labute approximate surface area is 178 Å². The van der Waals surface area contributed by atoms with E-state index in [1.165, 1.54) is 0 Å². The van der Waals surface area contributed by atoms with E-state index in [4.69, 9.17) is 4.52 Å². The number of hydrogen-bond acceptors (Lipinski definition) is 4. The number of amides is 1. The van der Waals surface area contributed by atoms with Crippen molar-refractivity contribution in [2.75, 3.05) is 26.7 Å². The van der Waals surface area contributed by atoms with Gasteiger partial charge in [0.2, 0.25) is 5.91 Å². The fraction of sp³-hybridized carbons (Fsp3) is 0.360. The number of likely N-dealkylation sites (tertiary alicyclic amines) is 1. The molecule has 156 valence electrons. The molecule has 1 aliphatic rings. The van der Waals surface area contributed by atoms with E-state index in [0.29, 0.717) is 0 Å². The molecule has 0 spiro atoms. The smallest absolute Gasteiger partial charge is 0.244 e. The topological polar surface area (TPSA) is 49.6 Å². The normalized spacial score (nSPS) is 14.9. The van der Waals surface area contributed by atoms with Gasteiger partial charge in [-0.25, -0.2) is 0 Å². The third-order valence-corrected chi connectivity index (χ3v) is 5.77. The number of likely N-dealkylation sites (N-methyl/N-ethyl adjacent to an activating group) is 1. The minimum Gasteiger partial charge on any atom is -0.361 e. The first-order valence-corrected chi connectivity index (χ1v) is 10.8. The van der Waals surface area contributed by atoms with Crippen molar-refractivity contribution in [2.24, 2.45) is 0 Å². The summed E-state index contributed by atoms with van der Waals surface area (Å²) < 4.78 is 5.53. The Balaban J connectivity index is 1.39. The van der Waals surface area contributed by atoms with Gasteiger partial charge in [0.15, 0.2) is 0 Å². The quantitative estimate of drug-likeness (QED) is 0.553. The fourth-order valence-electron chi connectivity index (χ4n) is 4.14. The van der Waals surface area contributed by atoms with E-state index in [0.717, 1.165) is 67.9 Å². The Morgan fingerprint density at radius 2 is 1.73 bits per heavy atom. The van der Waals surface area contributed by atoms with E-state index < -0.39 is 0 Å². The zero-order valence-corrected chi connectivity index (χ0v) is 17.5. The molecule has 4 rings (SSSR count). The fourth-order valence-corrected chi connectivity index (χ4v) is 4.14. The molecule has 0 radical (unpaired) electrons.